The third-order valence-electron chi connectivity index (χ3n) is 2.09. The van der Waals surface area contributed by atoms with Gasteiger partial charge in [0.25, 0.3) is 0 Å². The van der Waals surface area contributed by atoms with E-state index in [0.29, 0.717) is 16.0 Å². The minimum atomic E-state index is 0.510. The lowest BCUT2D eigenvalue weighted by Crippen LogP contribution is -1.87. The summed E-state index contributed by atoms with van der Waals surface area (Å²) in [6.07, 6.45) is 0. The summed E-state index contributed by atoms with van der Waals surface area (Å²) in [6, 6.07) is 1.78. The Hall–Kier alpha value is -1.60. The average molecular weight is 237 g/mol. The summed E-state index contributed by atoms with van der Waals surface area (Å²) in [7, 11) is 0. The number of fused-ring (bicyclic) bond motifs is 3. The van der Waals surface area contributed by atoms with Crippen molar-refractivity contribution in [2.75, 3.05) is 17.2 Å². The van der Waals surface area contributed by atoms with Gasteiger partial charge in [0.15, 0.2) is 10.3 Å². The van der Waals surface area contributed by atoms with Crippen LogP contribution in [0.1, 0.15) is 0 Å². The van der Waals surface area contributed by atoms with Gasteiger partial charge in [-0.15, -0.1) is 0 Å². The predicted molar refractivity (Wildman–Crippen MR) is 66.0 cm³/mol. The predicted octanol–water partition coefficient (Wildman–Crippen LogP) is 1.65. The molecule has 0 atom stereocenters. The van der Waals surface area contributed by atoms with Gasteiger partial charge < -0.3 is 17.2 Å². The van der Waals surface area contributed by atoms with Gasteiger partial charge in [-0.05, 0) is 6.07 Å². The molecule has 0 fully saturated rings. The summed E-state index contributed by atoms with van der Waals surface area (Å²) >= 11 is 2.84. The zero-order valence-electron chi connectivity index (χ0n) is 7.52. The highest BCUT2D eigenvalue weighted by Crippen LogP contribution is 2.38. The van der Waals surface area contributed by atoms with Crippen LogP contribution in [-0.2, 0) is 0 Å². The van der Waals surface area contributed by atoms with Crippen LogP contribution in [-0.4, -0.2) is 9.97 Å². The van der Waals surface area contributed by atoms with Gasteiger partial charge in [0.1, 0.15) is 5.52 Å². The zero-order valence-corrected chi connectivity index (χ0v) is 9.15. The summed E-state index contributed by atoms with van der Waals surface area (Å²) in [5.41, 5.74) is 19.3. The van der Waals surface area contributed by atoms with Crippen molar-refractivity contribution in [2.24, 2.45) is 0 Å². The van der Waals surface area contributed by atoms with Gasteiger partial charge in [-0.3, -0.25) is 0 Å². The van der Waals surface area contributed by atoms with Gasteiger partial charge in [-0.25, -0.2) is 9.97 Å². The molecule has 0 spiro atoms. The number of aromatic nitrogens is 2. The number of hydrogen-bond acceptors (Lipinski definition) is 7. The molecular weight excluding hydrogens is 230 g/mol. The van der Waals surface area contributed by atoms with Gasteiger partial charge in [-0.2, -0.15) is 0 Å². The van der Waals surface area contributed by atoms with Crippen LogP contribution in [0.5, 0.6) is 0 Å². The Morgan fingerprint density at radius 3 is 2.40 bits per heavy atom. The lowest BCUT2D eigenvalue weighted by molar-refractivity contribution is 1.48. The van der Waals surface area contributed by atoms with Crippen molar-refractivity contribution in [1.82, 2.24) is 9.97 Å². The Morgan fingerprint density at radius 1 is 0.933 bits per heavy atom. The standard InChI is InChI=1S/C8H7N5S2/c9-2-1-3-5(14-7(10)12-3)6-4(2)13-8(11)15-6/h1H,9H2,(H2,10,12)(H2,11,13). The molecule has 0 unspecified atom stereocenters. The van der Waals surface area contributed by atoms with E-state index in [9.17, 15) is 0 Å². The Bertz CT molecular complexity index is 668. The highest BCUT2D eigenvalue weighted by Gasteiger charge is 2.12. The first-order valence-electron chi connectivity index (χ1n) is 4.15. The highest BCUT2D eigenvalue weighted by molar-refractivity contribution is 7.30. The average Bonchev–Trinajstić information content (AvgIpc) is 2.68. The van der Waals surface area contributed by atoms with E-state index < -0.39 is 0 Å². The lowest BCUT2D eigenvalue weighted by atomic mass is 10.3. The molecule has 0 aliphatic carbocycles. The summed E-state index contributed by atoms with van der Waals surface area (Å²) in [5.74, 6) is 0. The summed E-state index contributed by atoms with van der Waals surface area (Å²) in [6.45, 7) is 0. The molecule has 0 aliphatic heterocycles. The molecule has 0 radical (unpaired) electrons. The van der Waals surface area contributed by atoms with Crippen molar-refractivity contribution >= 4 is 59.1 Å². The van der Waals surface area contributed by atoms with E-state index >= 15 is 0 Å². The number of nitrogen functional groups attached to an aromatic ring is 3. The van der Waals surface area contributed by atoms with Crippen LogP contribution in [0.25, 0.3) is 20.4 Å². The van der Waals surface area contributed by atoms with E-state index in [1.807, 2.05) is 0 Å². The topological polar surface area (TPSA) is 104 Å². The smallest absolute Gasteiger partial charge is 0.181 e. The SMILES string of the molecule is Nc1nc2cc(N)c3nc(N)sc3c2s1. The number of nitrogens with zero attached hydrogens (tertiary/aromatic N) is 2. The molecule has 2 aromatic heterocycles. The van der Waals surface area contributed by atoms with Crippen LogP contribution < -0.4 is 17.2 Å². The van der Waals surface area contributed by atoms with E-state index in [4.69, 9.17) is 17.2 Å². The third kappa shape index (κ3) is 1.13. The molecule has 6 N–H and O–H groups in total. The molecule has 0 amide bonds. The molecule has 0 saturated carbocycles. The number of rotatable bonds is 0. The minimum Gasteiger partial charge on any atom is -0.397 e. The van der Waals surface area contributed by atoms with E-state index in [1.165, 1.54) is 22.7 Å². The second-order valence-corrected chi connectivity index (χ2v) is 5.16. The van der Waals surface area contributed by atoms with E-state index in [-0.39, 0.29) is 0 Å². The highest BCUT2D eigenvalue weighted by atomic mass is 32.1. The van der Waals surface area contributed by atoms with Crippen LogP contribution in [0.15, 0.2) is 6.07 Å². The molecule has 15 heavy (non-hydrogen) atoms. The van der Waals surface area contributed by atoms with Crippen molar-refractivity contribution in [1.29, 1.82) is 0 Å². The van der Waals surface area contributed by atoms with Crippen LogP contribution in [0, 0.1) is 0 Å². The maximum absolute atomic E-state index is 5.86. The molecule has 7 heteroatoms. The van der Waals surface area contributed by atoms with Gasteiger partial charge in [0.05, 0.1) is 20.6 Å². The van der Waals surface area contributed by atoms with Crippen molar-refractivity contribution in [3.05, 3.63) is 6.07 Å². The van der Waals surface area contributed by atoms with Crippen molar-refractivity contribution in [3.63, 3.8) is 0 Å². The van der Waals surface area contributed by atoms with E-state index in [1.54, 1.807) is 6.07 Å². The monoisotopic (exact) mass is 237 g/mol. The normalized spacial score (nSPS) is 11.5. The first kappa shape index (κ1) is 8.69. The van der Waals surface area contributed by atoms with Gasteiger partial charge in [0.2, 0.25) is 0 Å². The summed E-state index contributed by atoms with van der Waals surface area (Å²) in [5, 5.41) is 1.04. The molecule has 5 nitrogen and oxygen atoms in total. The van der Waals surface area contributed by atoms with E-state index in [2.05, 4.69) is 9.97 Å². The second-order valence-electron chi connectivity index (χ2n) is 3.10. The quantitative estimate of drug-likeness (QED) is 0.516. The lowest BCUT2D eigenvalue weighted by Gasteiger charge is -1.94. The van der Waals surface area contributed by atoms with Gasteiger partial charge >= 0.3 is 0 Å². The van der Waals surface area contributed by atoms with Crippen LogP contribution in [0.4, 0.5) is 16.0 Å². The second kappa shape index (κ2) is 2.71. The fourth-order valence-electron chi connectivity index (χ4n) is 1.51. The summed E-state index contributed by atoms with van der Waals surface area (Å²) in [4.78, 5) is 8.37. The minimum absolute atomic E-state index is 0.510. The third-order valence-corrected chi connectivity index (χ3v) is 4.03. The maximum atomic E-state index is 5.86. The molecule has 1 aromatic carbocycles. The molecule has 2 heterocycles. The molecule has 3 rings (SSSR count). The van der Waals surface area contributed by atoms with Crippen LogP contribution >= 0.6 is 22.7 Å². The number of hydrogen-bond donors (Lipinski definition) is 3. The largest absolute Gasteiger partial charge is 0.397 e. The zero-order chi connectivity index (χ0) is 10.6. The number of benzene rings is 1. The number of anilines is 3. The number of nitrogens with two attached hydrogens (primary N) is 3. The maximum Gasteiger partial charge on any atom is 0.181 e. The van der Waals surface area contributed by atoms with Crippen LogP contribution in [0.2, 0.25) is 0 Å². The molecular formula is C8H7N5S2. The van der Waals surface area contributed by atoms with Crippen molar-refractivity contribution < 1.29 is 0 Å². The van der Waals surface area contributed by atoms with Gasteiger partial charge in [0, 0.05) is 0 Å². The molecule has 0 bridgehead atoms. The van der Waals surface area contributed by atoms with Crippen molar-refractivity contribution in [2.45, 2.75) is 0 Å². The first-order valence-corrected chi connectivity index (χ1v) is 5.79. The fraction of sp³-hybridized carbons (Fsp3) is 0. The van der Waals surface area contributed by atoms with E-state index in [0.717, 1.165) is 20.4 Å². The Kier molecular flexibility index (Phi) is 1.57. The fourth-order valence-corrected chi connectivity index (χ4v) is 3.32. The molecule has 76 valence electrons. The Labute approximate surface area is 92.5 Å². The molecule has 0 aliphatic rings. The van der Waals surface area contributed by atoms with Crippen LogP contribution in [0.3, 0.4) is 0 Å². The van der Waals surface area contributed by atoms with Gasteiger partial charge in [-0.1, -0.05) is 22.7 Å². The molecule has 0 saturated heterocycles. The van der Waals surface area contributed by atoms with Crippen molar-refractivity contribution in [3.8, 4) is 0 Å². The number of thiazole rings is 2. The molecule has 3 aromatic rings. The summed E-state index contributed by atoms with van der Waals surface area (Å²) < 4.78 is 1.97. The first-order chi connectivity index (χ1) is 7.15. The Balaban J connectivity index is 2.61. The Morgan fingerprint density at radius 2 is 1.60 bits per heavy atom.